The van der Waals surface area contributed by atoms with Crippen LogP contribution < -0.4 is 4.72 Å². The molecule has 3 aromatic rings. The quantitative estimate of drug-likeness (QED) is 0.300. The van der Waals surface area contributed by atoms with Gasteiger partial charge < -0.3 is 4.57 Å². The number of unbranched alkanes of at least 4 members (excludes halogenated alkanes) is 1. The maximum Gasteiger partial charge on any atom is 0.264 e. The molecule has 2 aromatic carbocycles. The number of nitrogens with one attached hydrogen (secondary N) is 1. The SMILES string of the molecule is CCCCc1nc(Cl)c(C=O)n1Cc1ccc(C(C(=O)NS(=O)(=O)c2ccc(C)cc2)C2CCCC2)cc1. The van der Waals surface area contributed by atoms with Crippen LogP contribution in [0, 0.1) is 12.8 Å². The van der Waals surface area contributed by atoms with E-state index in [1.807, 2.05) is 35.8 Å². The zero-order chi connectivity index (χ0) is 27.3. The number of hydrogen-bond donors (Lipinski definition) is 1. The second-order valence-electron chi connectivity index (χ2n) is 10.1. The molecule has 0 bridgehead atoms. The molecule has 1 N–H and O–H groups in total. The maximum absolute atomic E-state index is 13.4. The van der Waals surface area contributed by atoms with Crippen LogP contribution in [0.25, 0.3) is 0 Å². The number of amides is 1. The van der Waals surface area contributed by atoms with E-state index in [4.69, 9.17) is 11.6 Å². The molecule has 202 valence electrons. The van der Waals surface area contributed by atoms with E-state index < -0.39 is 21.8 Å². The molecule has 1 amide bonds. The van der Waals surface area contributed by atoms with E-state index in [0.717, 1.165) is 73.7 Å². The number of sulfonamides is 1. The first-order valence-corrected chi connectivity index (χ1v) is 15.0. The van der Waals surface area contributed by atoms with Crippen molar-refractivity contribution in [2.75, 3.05) is 0 Å². The lowest BCUT2D eigenvalue weighted by atomic mass is 9.84. The van der Waals surface area contributed by atoms with Gasteiger partial charge in [-0.25, -0.2) is 18.1 Å². The number of benzene rings is 2. The van der Waals surface area contributed by atoms with Crippen molar-refractivity contribution in [3.63, 3.8) is 0 Å². The molecule has 0 radical (unpaired) electrons. The molecule has 0 saturated heterocycles. The number of aryl methyl sites for hydroxylation is 2. The number of aldehydes is 1. The molecule has 1 saturated carbocycles. The van der Waals surface area contributed by atoms with Gasteiger partial charge in [-0.3, -0.25) is 9.59 Å². The highest BCUT2D eigenvalue weighted by Crippen LogP contribution is 2.38. The van der Waals surface area contributed by atoms with Gasteiger partial charge in [-0.1, -0.05) is 79.7 Å². The number of carbonyl (C=O) groups excluding carboxylic acids is 2. The van der Waals surface area contributed by atoms with Gasteiger partial charge in [0.25, 0.3) is 10.0 Å². The summed E-state index contributed by atoms with van der Waals surface area (Å²) in [4.78, 5) is 29.6. The third-order valence-electron chi connectivity index (χ3n) is 7.31. The Labute approximate surface area is 229 Å². The van der Waals surface area contributed by atoms with Crippen LogP contribution in [0.2, 0.25) is 5.15 Å². The van der Waals surface area contributed by atoms with E-state index in [-0.39, 0.29) is 16.0 Å². The second kappa shape index (κ2) is 12.3. The Hall–Kier alpha value is -2.97. The minimum absolute atomic E-state index is 0.0702. The average molecular weight is 556 g/mol. The van der Waals surface area contributed by atoms with Gasteiger partial charge in [-0.05, 0) is 55.4 Å². The largest absolute Gasteiger partial charge is 0.320 e. The van der Waals surface area contributed by atoms with Gasteiger partial charge in [0.2, 0.25) is 5.91 Å². The molecule has 38 heavy (non-hydrogen) atoms. The smallest absolute Gasteiger partial charge is 0.264 e. The lowest BCUT2D eigenvalue weighted by molar-refractivity contribution is -0.121. The second-order valence-corrected chi connectivity index (χ2v) is 12.1. The third kappa shape index (κ3) is 6.35. The number of aromatic nitrogens is 2. The van der Waals surface area contributed by atoms with Crippen molar-refractivity contribution in [2.24, 2.45) is 5.92 Å². The maximum atomic E-state index is 13.4. The van der Waals surface area contributed by atoms with Crippen molar-refractivity contribution in [1.82, 2.24) is 14.3 Å². The molecule has 1 unspecified atom stereocenters. The minimum atomic E-state index is -3.98. The van der Waals surface area contributed by atoms with E-state index in [1.54, 1.807) is 12.1 Å². The van der Waals surface area contributed by atoms with Gasteiger partial charge in [-0.2, -0.15) is 0 Å². The third-order valence-corrected chi connectivity index (χ3v) is 8.95. The standard InChI is InChI=1S/C29H34ClN3O4S/c1-3-4-9-26-31-28(30)25(19-34)33(26)18-21-12-14-23(15-13-21)27(22-7-5-6-8-22)29(35)32-38(36,37)24-16-10-20(2)11-17-24/h10-17,19,22,27H,3-9,18H2,1-2H3,(H,32,35). The van der Waals surface area contributed by atoms with Crippen LogP contribution >= 0.6 is 11.6 Å². The first-order chi connectivity index (χ1) is 18.2. The van der Waals surface area contributed by atoms with Crippen LogP contribution in [0.15, 0.2) is 53.4 Å². The summed E-state index contributed by atoms with van der Waals surface area (Å²) in [7, 11) is -3.98. The molecule has 1 heterocycles. The molecule has 1 fully saturated rings. The summed E-state index contributed by atoms with van der Waals surface area (Å²) in [5.74, 6) is -0.229. The minimum Gasteiger partial charge on any atom is -0.320 e. The fourth-order valence-corrected chi connectivity index (χ4v) is 6.46. The lowest BCUT2D eigenvalue weighted by Crippen LogP contribution is -2.37. The first kappa shape index (κ1) is 28.0. The Morgan fingerprint density at radius 2 is 1.79 bits per heavy atom. The number of halogens is 1. The number of carbonyl (C=O) groups is 2. The first-order valence-electron chi connectivity index (χ1n) is 13.2. The number of imidazole rings is 1. The highest BCUT2D eigenvalue weighted by atomic mass is 35.5. The zero-order valence-electron chi connectivity index (χ0n) is 21.8. The van der Waals surface area contributed by atoms with Crippen LogP contribution in [0.1, 0.15) is 84.4 Å². The highest BCUT2D eigenvalue weighted by Gasteiger charge is 2.34. The van der Waals surface area contributed by atoms with Crippen molar-refractivity contribution in [1.29, 1.82) is 0 Å². The predicted molar refractivity (Wildman–Crippen MR) is 148 cm³/mol. The summed E-state index contributed by atoms with van der Waals surface area (Å²) >= 11 is 6.22. The highest BCUT2D eigenvalue weighted by molar-refractivity contribution is 7.90. The van der Waals surface area contributed by atoms with E-state index in [9.17, 15) is 18.0 Å². The van der Waals surface area contributed by atoms with Gasteiger partial charge in [0.1, 0.15) is 11.5 Å². The molecule has 0 aliphatic heterocycles. The monoisotopic (exact) mass is 555 g/mol. The normalized spacial score (nSPS) is 14.9. The summed E-state index contributed by atoms with van der Waals surface area (Å²) in [5.41, 5.74) is 3.01. The molecule has 1 aliphatic rings. The summed E-state index contributed by atoms with van der Waals surface area (Å²) in [6.45, 7) is 4.40. The van der Waals surface area contributed by atoms with Gasteiger partial charge in [0.15, 0.2) is 11.4 Å². The molecular weight excluding hydrogens is 522 g/mol. The topological polar surface area (TPSA) is 98.1 Å². The van der Waals surface area contributed by atoms with E-state index in [0.29, 0.717) is 12.2 Å². The molecule has 0 spiro atoms. The lowest BCUT2D eigenvalue weighted by Gasteiger charge is -2.23. The summed E-state index contributed by atoms with van der Waals surface area (Å²) in [5, 5.41) is 0.204. The Kier molecular flexibility index (Phi) is 9.05. The molecule has 4 rings (SSSR count). The molecule has 1 aliphatic carbocycles. The van der Waals surface area contributed by atoms with Gasteiger partial charge in [0, 0.05) is 13.0 Å². The van der Waals surface area contributed by atoms with Crippen LogP contribution in [-0.2, 0) is 27.8 Å². The molecule has 1 aromatic heterocycles. The summed E-state index contributed by atoms with van der Waals surface area (Å²) in [6.07, 6.45) is 7.19. The van der Waals surface area contributed by atoms with Crippen molar-refractivity contribution < 1.29 is 18.0 Å². The zero-order valence-corrected chi connectivity index (χ0v) is 23.4. The molecule has 7 nitrogen and oxygen atoms in total. The van der Waals surface area contributed by atoms with Crippen LogP contribution in [0.5, 0.6) is 0 Å². The molecule has 9 heteroatoms. The van der Waals surface area contributed by atoms with Crippen LogP contribution in [-0.4, -0.2) is 30.2 Å². The number of nitrogens with zero attached hydrogens (tertiary/aromatic N) is 2. The Bertz CT molecular complexity index is 1380. The Morgan fingerprint density at radius 1 is 1.13 bits per heavy atom. The molecular formula is C29H34ClN3O4S. The van der Waals surface area contributed by atoms with Gasteiger partial charge in [0.05, 0.1) is 10.8 Å². The number of hydrogen-bond acceptors (Lipinski definition) is 5. The molecule has 1 atom stereocenters. The van der Waals surface area contributed by atoms with E-state index in [2.05, 4.69) is 16.6 Å². The van der Waals surface area contributed by atoms with Crippen LogP contribution in [0.4, 0.5) is 0 Å². The summed E-state index contributed by atoms with van der Waals surface area (Å²) < 4.78 is 30.1. The average Bonchev–Trinajstić information content (AvgIpc) is 3.51. The van der Waals surface area contributed by atoms with Gasteiger partial charge in [-0.15, -0.1) is 0 Å². The Morgan fingerprint density at radius 3 is 2.39 bits per heavy atom. The van der Waals surface area contributed by atoms with Crippen molar-refractivity contribution in [3.8, 4) is 0 Å². The van der Waals surface area contributed by atoms with Crippen LogP contribution in [0.3, 0.4) is 0 Å². The Balaban J connectivity index is 1.58. The fourth-order valence-electron chi connectivity index (χ4n) is 5.21. The van der Waals surface area contributed by atoms with Crippen molar-refractivity contribution in [2.45, 2.75) is 76.2 Å². The number of rotatable bonds is 11. The summed E-state index contributed by atoms with van der Waals surface area (Å²) in [6, 6.07) is 14.1. The predicted octanol–water partition coefficient (Wildman–Crippen LogP) is 5.83. The van der Waals surface area contributed by atoms with E-state index >= 15 is 0 Å². The van der Waals surface area contributed by atoms with Gasteiger partial charge >= 0.3 is 0 Å². The van der Waals surface area contributed by atoms with Crippen molar-refractivity contribution in [3.05, 3.63) is 81.9 Å². The fraction of sp³-hybridized carbons (Fsp3) is 0.414. The van der Waals surface area contributed by atoms with E-state index in [1.165, 1.54) is 12.1 Å². The van der Waals surface area contributed by atoms with Crippen molar-refractivity contribution >= 4 is 33.8 Å².